The second-order valence-electron chi connectivity index (χ2n) is 3.73. The highest BCUT2D eigenvalue weighted by molar-refractivity contribution is 5.64. The van der Waals surface area contributed by atoms with Gasteiger partial charge >= 0.3 is 0 Å². The summed E-state index contributed by atoms with van der Waals surface area (Å²) in [4.78, 5) is 4.04. The minimum Gasteiger partial charge on any atom is -0.397 e. The van der Waals surface area contributed by atoms with Crippen LogP contribution in [0.25, 0.3) is 0 Å². The molecule has 0 radical (unpaired) electrons. The minimum atomic E-state index is 0.520. The number of rotatable bonds is 3. The molecule has 1 fully saturated rings. The van der Waals surface area contributed by atoms with Gasteiger partial charge in [0, 0.05) is 12.2 Å². The van der Waals surface area contributed by atoms with E-state index in [1.165, 1.54) is 12.8 Å². The van der Waals surface area contributed by atoms with Crippen molar-refractivity contribution in [3.05, 3.63) is 18.5 Å². The molecular formula is C10H15N3. The van der Waals surface area contributed by atoms with E-state index in [-0.39, 0.29) is 0 Å². The van der Waals surface area contributed by atoms with E-state index in [2.05, 4.69) is 17.2 Å². The third-order valence-electron chi connectivity index (χ3n) is 2.57. The van der Waals surface area contributed by atoms with Crippen LogP contribution in [0.5, 0.6) is 0 Å². The summed E-state index contributed by atoms with van der Waals surface area (Å²) in [5.41, 5.74) is 7.53. The van der Waals surface area contributed by atoms with E-state index in [1.807, 2.05) is 6.07 Å². The molecule has 1 atom stereocenters. The number of hydrogen-bond donors (Lipinski definition) is 2. The van der Waals surface area contributed by atoms with Crippen molar-refractivity contribution in [3.8, 4) is 0 Å². The number of anilines is 2. The van der Waals surface area contributed by atoms with E-state index in [0.717, 1.165) is 17.3 Å². The summed E-state index contributed by atoms with van der Waals surface area (Å²) in [6.07, 6.45) is 6.18. The quantitative estimate of drug-likeness (QED) is 0.741. The Morgan fingerprint density at radius 1 is 1.62 bits per heavy atom. The van der Waals surface area contributed by atoms with Gasteiger partial charge in [-0.2, -0.15) is 0 Å². The van der Waals surface area contributed by atoms with Gasteiger partial charge in [-0.3, -0.25) is 4.98 Å². The largest absolute Gasteiger partial charge is 0.397 e. The fraction of sp³-hybridized carbons (Fsp3) is 0.500. The number of pyridine rings is 1. The van der Waals surface area contributed by atoms with Crippen molar-refractivity contribution < 1.29 is 0 Å². The minimum absolute atomic E-state index is 0.520. The van der Waals surface area contributed by atoms with E-state index in [4.69, 9.17) is 5.73 Å². The molecule has 2 rings (SSSR count). The molecule has 0 aromatic carbocycles. The molecule has 1 saturated carbocycles. The van der Waals surface area contributed by atoms with E-state index in [1.54, 1.807) is 12.4 Å². The molecule has 0 bridgehead atoms. The summed E-state index contributed by atoms with van der Waals surface area (Å²) in [5, 5.41) is 3.38. The van der Waals surface area contributed by atoms with Crippen molar-refractivity contribution >= 4 is 11.4 Å². The Morgan fingerprint density at radius 2 is 2.38 bits per heavy atom. The van der Waals surface area contributed by atoms with Gasteiger partial charge in [-0.15, -0.1) is 0 Å². The van der Waals surface area contributed by atoms with Crippen LogP contribution >= 0.6 is 0 Å². The number of nitrogens with two attached hydrogens (primary N) is 1. The Hall–Kier alpha value is -1.25. The molecule has 1 aromatic heterocycles. The second kappa shape index (κ2) is 3.24. The lowest BCUT2D eigenvalue weighted by molar-refractivity contribution is 0.694. The molecule has 70 valence electrons. The van der Waals surface area contributed by atoms with Crippen LogP contribution in [0, 0.1) is 5.92 Å². The number of aromatic nitrogens is 1. The molecule has 1 aliphatic carbocycles. The fourth-order valence-corrected chi connectivity index (χ4v) is 1.49. The highest BCUT2D eigenvalue weighted by atomic mass is 15.0. The van der Waals surface area contributed by atoms with Gasteiger partial charge in [-0.25, -0.2) is 0 Å². The number of nitrogens with one attached hydrogen (secondary N) is 1. The first kappa shape index (κ1) is 8.35. The Balaban J connectivity index is 2.03. The zero-order valence-electron chi connectivity index (χ0n) is 7.83. The summed E-state index contributed by atoms with van der Waals surface area (Å²) >= 11 is 0. The highest BCUT2D eigenvalue weighted by Crippen LogP contribution is 2.34. The Bertz CT molecular complexity index is 294. The predicted molar refractivity (Wildman–Crippen MR) is 54.5 cm³/mol. The molecule has 3 N–H and O–H groups in total. The van der Waals surface area contributed by atoms with Gasteiger partial charge in [0.05, 0.1) is 17.6 Å². The molecule has 3 heteroatoms. The topological polar surface area (TPSA) is 50.9 Å². The fourth-order valence-electron chi connectivity index (χ4n) is 1.49. The Labute approximate surface area is 78.4 Å². The molecule has 1 aliphatic rings. The maximum absolute atomic E-state index is 5.79. The SMILES string of the molecule is CC(Nc1cnccc1N)C1CC1. The molecule has 0 spiro atoms. The van der Waals surface area contributed by atoms with Crippen LogP contribution in [-0.2, 0) is 0 Å². The summed E-state index contributed by atoms with van der Waals surface area (Å²) in [5.74, 6) is 0.833. The summed E-state index contributed by atoms with van der Waals surface area (Å²) < 4.78 is 0. The first-order valence-corrected chi connectivity index (χ1v) is 4.73. The molecule has 1 heterocycles. The van der Waals surface area contributed by atoms with Crippen LogP contribution < -0.4 is 11.1 Å². The van der Waals surface area contributed by atoms with Crippen molar-refractivity contribution in [3.63, 3.8) is 0 Å². The molecule has 13 heavy (non-hydrogen) atoms. The maximum atomic E-state index is 5.79. The summed E-state index contributed by atoms with van der Waals surface area (Å²) in [6, 6.07) is 2.34. The van der Waals surface area contributed by atoms with E-state index in [9.17, 15) is 0 Å². The van der Waals surface area contributed by atoms with Crippen LogP contribution in [0.3, 0.4) is 0 Å². The van der Waals surface area contributed by atoms with Crippen LogP contribution in [0.4, 0.5) is 11.4 Å². The van der Waals surface area contributed by atoms with Crippen molar-refractivity contribution in [2.45, 2.75) is 25.8 Å². The zero-order valence-corrected chi connectivity index (χ0v) is 7.83. The van der Waals surface area contributed by atoms with Crippen LogP contribution in [0.2, 0.25) is 0 Å². The number of hydrogen-bond acceptors (Lipinski definition) is 3. The lowest BCUT2D eigenvalue weighted by atomic mass is 10.2. The zero-order chi connectivity index (χ0) is 9.26. The summed E-state index contributed by atoms with van der Waals surface area (Å²) in [6.45, 7) is 2.20. The average Bonchev–Trinajstić information content (AvgIpc) is 2.91. The van der Waals surface area contributed by atoms with Crippen molar-refractivity contribution in [1.29, 1.82) is 0 Å². The number of nitrogen functional groups attached to an aromatic ring is 1. The maximum Gasteiger partial charge on any atom is 0.0762 e. The summed E-state index contributed by atoms with van der Waals surface area (Å²) in [7, 11) is 0. The monoisotopic (exact) mass is 177 g/mol. The lowest BCUT2D eigenvalue weighted by Gasteiger charge is -2.15. The normalized spacial score (nSPS) is 18.2. The molecule has 3 nitrogen and oxygen atoms in total. The first-order valence-electron chi connectivity index (χ1n) is 4.73. The Kier molecular flexibility index (Phi) is 2.08. The number of nitrogens with zero attached hydrogens (tertiary/aromatic N) is 1. The third-order valence-corrected chi connectivity index (χ3v) is 2.57. The van der Waals surface area contributed by atoms with Crippen LogP contribution in [0.1, 0.15) is 19.8 Å². The average molecular weight is 177 g/mol. The molecule has 1 aromatic rings. The van der Waals surface area contributed by atoms with Crippen LogP contribution in [-0.4, -0.2) is 11.0 Å². The molecule has 1 unspecified atom stereocenters. The van der Waals surface area contributed by atoms with Gasteiger partial charge in [0.1, 0.15) is 0 Å². The van der Waals surface area contributed by atoms with Crippen molar-refractivity contribution in [1.82, 2.24) is 4.98 Å². The standard InChI is InChI=1S/C10H15N3/c1-7(8-2-3-8)13-10-6-12-5-4-9(10)11/h4-8,13H,2-3H2,1H3,(H2,11,12). The van der Waals surface area contributed by atoms with Gasteiger partial charge < -0.3 is 11.1 Å². The molecule has 0 saturated heterocycles. The van der Waals surface area contributed by atoms with Crippen LogP contribution in [0.15, 0.2) is 18.5 Å². The van der Waals surface area contributed by atoms with Gasteiger partial charge in [-0.1, -0.05) is 0 Å². The van der Waals surface area contributed by atoms with Gasteiger partial charge in [0.2, 0.25) is 0 Å². The third kappa shape index (κ3) is 1.91. The smallest absolute Gasteiger partial charge is 0.0762 e. The van der Waals surface area contributed by atoms with E-state index in [0.29, 0.717) is 6.04 Å². The van der Waals surface area contributed by atoms with E-state index >= 15 is 0 Å². The van der Waals surface area contributed by atoms with Gasteiger partial charge in [0.25, 0.3) is 0 Å². The molecular weight excluding hydrogens is 162 g/mol. The molecule has 0 aliphatic heterocycles. The molecule has 0 amide bonds. The predicted octanol–water partition coefficient (Wildman–Crippen LogP) is 1.87. The Morgan fingerprint density at radius 3 is 3.00 bits per heavy atom. The van der Waals surface area contributed by atoms with Gasteiger partial charge in [0.15, 0.2) is 0 Å². The van der Waals surface area contributed by atoms with Gasteiger partial charge in [-0.05, 0) is 31.7 Å². The lowest BCUT2D eigenvalue weighted by Crippen LogP contribution is -2.18. The highest BCUT2D eigenvalue weighted by Gasteiger charge is 2.27. The van der Waals surface area contributed by atoms with Crippen molar-refractivity contribution in [2.24, 2.45) is 5.92 Å². The first-order chi connectivity index (χ1) is 6.27. The van der Waals surface area contributed by atoms with E-state index < -0.39 is 0 Å². The second-order valence-corrected chi connectivity index (χ2v) is 3.73. The van der Waals surface area contributed by atoms with Crippen molar-refractivity contribution in [2.75, 3.05) is 11.1 Å².